The van der Waals surface area contributed by atoms with E-state index >= 15 is 0 Å². The monoisotopic (exact) mass is 246 g/mol. The number of hydrogen-bond donors (Lipinski definition) is 4. The van der Waals surface area contributed by atoms with E-state index in [9.17, 15) is 0 Å². The number of nitrogens with two attached hydrogens (primary N) is 3. The summed E-state index contributed by atoms with van der Waals surface area (Å²) in [6.45, 7) is 0. The third-order valence-electron chi connectivity index (χ3n) is 2.77. The normalized spacial score (nSPS) is 16.7. The number of guanidine groups is 1. The van der Waals surface area contributed by atoms with Crippen LogP contribution in [0.3, 0.4) is 0 Å². The van der Waals surface area contributed by atoms with Gasteiger partial charge in [0.2, 0.25) is 5.96 Å². The summed E-state index contributed by atoms with van der Waals surface area (Å²) >= 11 is 0. The number of oxime groups is 1. The van der Waals surface area contributed by atoms with Crippen molar-refractivity contribution in [3.8, 4) is 0 Å². The topological polar surface area (TPSA) is 135 Å². The van der Waals surface area contributed by atoms with E-state index in [1.54, 1.807) is 6.07 Å². The van der Waals surface area contributed by atoms with Crippen LogP contribution in [0, 0.1) is 0 Å². The van der Waals surface area contributed by atoms with E-state index in [-0.39, 0.29) is 11.8 Å². The third kappa shape index (κ3) is 2.10. The standard InChI is InChI=1S/C11H14N6O/c12-10(17-18)8-3-1-2-7-6(8)4-5-9(7)15-16-11(13)14/h1-3,18H,4-5H2,(H2,12,17)(H4,13,14,16). The van der Waals surface area contributed by atoms with E-state index in [4.69, 9.17) is 22.4 Å². The van der Waals surface area contributed by atoms with Crippen LogP contribution in [-0.4, -0.2) is 22.7 Å². The van der Waals surface area contributed by atoms with Gasteiger partial charge in [-0.05, 0) is 18.4 Å². The van der Waals surface area contributed by atoms with Gasteiger partial charge in [-0.3, -0.25) is 0 Å². The van der Waals surface area contributed by atoms with E-state index < -0.39 is 0 Å². The molecule has 1 aromatic carbocycles. The Morgan fingerprint density at radius 3 is 2.61 bits per heavy atom. The van der Waals surface area contributed by atoms with Crippen molar-refractivity contribution in [1.29, 1.82) is 0 Å². The Labute approximate surface area is 104 Å². The maximum absolute atomic E-state index is 8.74. The van der Waals surface area contributed by atoms with Crippen molar-refractivity contribution in [2.24, 2.45) is 32.6 Å². The van der Waals surface area contributed by atoms with Crippen LogP contribution in [0.25, 0.3) is 0 Å². The molecule has 0 aliphatic heterocycles. The molecule has 0 spiro atoms. The number of hydrogen-bond acceptors (Lipinski definition) is 4. The molecule has 7 N–H and O–H groups in total. The van der Waals surface area contributed by atoms with Crippen LogP contribution in [0.2, 0.25) is 0 Å². The van der Waals surface area contributed by atoms with Crippen molar-refractivity contribution in [3.05, 3.63) is 34.9 Å². The molecule has 0 radical (unpaired) electrons. The predicted octanol–water partition coefficient (Wildman–Crippen LogP) is -0.295. The molecule has 0 fully saturated rings. The van der Waals surface area contributed by atoms with Gasteiger partial charge in [0.1, 0.15) is 0 Å². The molecule has 0 unspecified atom stereocenters. The van der Waals surface area contributed by atoms with Crippen LogP contribution in [0.4, 0.5) is 0 Å². The van der Waals surface area contributed by atoms with Gasteiger partial charge in [-0.2, -0.15) is 5.10 Å². The quantitative estimate of drug-likeness (QED) is 0.246. The van der Waals surface area contributed by atoms with Gasteiger partial charge in [0.15, 0.2) is 5.84 Å². The van der Waals surface area contributed by atoms with E-state index in [1.165, 1.54) is 0 Å². The summed E-state index contributed by atoms with van der Waals surface area (Å²) in [6, 6.07) is 5.54. The second-order valence-corrected chi connectivity index (χ2v) is 3.89. The highest BCUT2D eigenvalue weighted by molar-refractivity contribution is 6.09. The molecule has 7 nitrogen and oxygen atoms in total. The summed E-state index contributed by atoms with van der Waals surface area (Å²) in [4.78, 5) is 0. The zero-order chi connectivity index (χ0) is 13.1. The first-order valence-electron chi connectivity index (χ1n) is 5.39. The molecule has 1 aromatic rings. The molecule has 94 valence electrons. The summed E-state index contributed by atoms with van der Waals surface area (Å²) in [5.74, 6) is 0.0125. The third-order valence-corrected chi connectivity index (χ3v) is 2.77. The van der Waals surface area contributed by atoms with Gasteiger partial charge in [-0.25, -0.2) is 0 Å². The first kappa shape index (κ1) is 11.9. The highest BCUT2D eigenvalue weighted by atomic mass is 16.4. The second-order valence-electron chi connectivity index (χ2n) is 3.89. The van der Waals surface area contributed by atoms with Crippen molar-refractivity contribution in [2.75, 3.05) is 0 Å². The number of fused-ring (bicyclic) bond motifs is 1. The summed E-state index contributed by atoms with van der Waals surface area (Å²) < 4.78 is 0. The SMILES string of the molecule is NC(N)=NN=C1CCc2c(C(N)=NO)cccc21. The molecule has 0 amide bonds. The van der Waals surface area contributed by atoms with Crippen LogP contribution in [0.5, 0.6) is 0 Å². The lowest BCUT2D eigenvalue weighted by molar-refractivity contribution is 0.318. The van der Waals surface area contributed by atoms with E-state index in [1.807, 2.05) is 12.1 Å². The molecule has 1 aliphatic rings. The Balaban J connectivity index is 2.47. The van der Waals surface area contributed by atoms with E-state index in [0.717, 1.165) is 29.7 Å². The molecule has 7 heteroatoms. The molecule has 1 aliphatic carbocycles. The molecular formula is C11H14N6O. The Hall–Kier alpha value is -2.57. The van der Waals surface area contributed by atoms with Crippen molar-refractivity contribution in [3.63, 3.8) is 0 Å². The molecular weight excluding hydrogens is 232 g/mol. The molecule has 0 saturated heterocycles. The lowest BCUT2D eigenvalue weighted by Gasteiger charge is -2.05. The summed E-state index contributed by atoms with van der Waals surface area (Å²) in [7, 11) is 0. The second kappa shape index (κ2) is 4.74. The van der Waals surface area contributed by atoms with Crippen LogP contribution in [0.1, 0.15) is 23.1 Å². The first-order chi connectivity index (χ1) is 8.63. The summed E-state index contributed by atoms with van der Waals surface area (Å²) in [5, 5.41) is 19.4. The molecule has 18 heavy (non-hydrogen) atoms. The van der Waals surface area contributed by atoms with Gasteiger partial charge in [0.25, 0.3) is 0 Å². The Morgan fingerprint density at radius 2 is 1.94 bits per heavy atom. The molecule has 0 heterocycles. The van der Waals surface area contributed by atoms with E-state index in [2.05, 4.69) is 15.4 Å². The van der Waals surface area contributed by atoms with Crippen molar-refractivity contribution in [1.82, 2.24) is 0 Å². The summed E-state index contributed by atoms with van der Waals surface area (Å²) in [5.41, 5.74) is 19.5. The zero-order valence-corrected chi connectivity index (χ0v) is 9.67. The maximum atomic E-state index is 8.74. The highest BCUT2D eigenvalue weighted by Crippen LogP contribution is 2.26. The fourth-order valence-electron chi connectivity index (χ4n) is 2.02. The van der Waals surface area contributed by atoms with Crippen molar-refractivity contribution in [2.45, 2.75) is 12.8 Å². The average molecular weight is 246 g/mol. The van der Waals surface area contributed by atoms with Gasteiger partial charge >= 0.3 is 0 Å². The average Bonchev–Trinajstić information content (AvgIpc) is 2.78. The van der Waals surface area contributed by atoms with Crippen molar-refractivity contribution >= 4 is 17.5 Å². The van der Waals surface area contributed by atoms with E-state index in [0.29, 0.717) is 5.56 Å². The van der Waals surface area contributed by atoms with Crippen LogP contribution >= 0.6 is 0 Å². The molecule has 0 atom stereocenters. The van der Waals surface area contributed by atoms with Gasteiger partial charge in [-0.1, -0.05) is 23.4 Å². The number of benzene rings is 1. The van der Waals surface area contributed by atoms with Gasteiger partial charge in [-0.15, -0.1) is 5.10 Å². The van der Waals surface area contributed by atoms with Crippen molar-refractivity contribution < 1.29 is 5.21 Å². The minimum absolute atomic E-state index is 0.0801. The van der Waals surface area contributed by atoms with Gasteiger partial charge in [0.05, 0.1) is 5.71 Å². The Morgan fingerprint density at radius 1 is 1.17 bits per heavy atom. The fraction of sp³-hybridized carbons (Fsp3) is 0.182. The molecule has 2 rings (SSSR count). The lowest BCUT2D eigenvalue weighted by Crippen LogP contribution is -2.22. The Kier molecular flexibility index (Phi) is 3.13. The minimum atomic E-state index is -0.0801. The zero-order valence-electron chi connectivity index (χ0n) is 9.67. The van der Waals surface area contributed by atoms with Crippen LogP contribution in [-0.2, 0) is 6.42 Å². The largest absolute Gasteiger partial charge is 0.409 e. The summed E-state index contributed by atoms with van der Waals surface area (Å²) in [6.07, 6.45) is 1.49. The molecule has 0 bridgehead atoms. The first-order valence-corrected chi connectivity index (χ1v) is 5.39. The Bertz CT molecular complexity index is 557. The number of nitrogens with zero attached hydrogens (tertiary/aromatic N) is 3. The molecule has 0 aromatic heterocycles. The van der Waals surface area contributed by atoms with Gasteiger partial charge in [0, 0.05) is 11.1 Å². The fourth-order valence-corrected chi connectivity index (χ4v) is 2.02. The number of amidine groups is 1. The predicted molar refractivity (Wildman–Crippen MR) is 69.6 cm³/mol. The lowest BCUT2D eigenvalue weighted by atomic mass is 10.0. The van der Waals surface area contributed by atoms with Crippen LogP contribution in [0.15, 0.2) is 33.6 Å². The van der Waals surface area contributed by atoms with Crippen LogP contribution < -0.4 is 17.2 Å². The molecule has 0 saturated carbocycles. The highest BCUT2D eigenvalue weighted by Gasteiger charge is 2.21. The van der Waals surface area contributed by atoms with Gasteiger partial charge < -0.3 is 22.4 Å². The maximum Gasteiger partial charge on any atom is 0.211 e. The number of rotatable bonds is 2. The minimum Gasteiger partial charge on any atom is -0.409 e. The smallest absolute Gasteiger partial charge is 0.211 e.